The summed E-state index contributed by atoms with van der Waals surface area (Å²) in [6, 6.07) is 3.69. The van der Waals surface area contributed by atoms with Gasteiger partial charge in [-0.15, -0.1) is 11.3 Å². The van der Waals surface area contributed by atoms with Gasteiger partial charge < -0.3 is 14.8 Å². The highest BCUT2D eigenvalue weighted by molar-refractivity contribution is 7.13. The minimum atomic E-state index is -0.411. The van der Waals surface area contributed by atoms with E-state index < -0.39 is 5.91 Å². The van der Waals surface area contributed by atoms with E-state index in [9.17, 15) is 4.79 Å². The predicted molar refractivity (Wildman–Crippen MR) is 93.9 cm³/mol. The molecule has 0 aliphatic rings. The lowest BCUT2D eigenvalue weighted by Gasteiger charge is -2.09. The van der Waals surface area contributed by atoms with Crippen LogP contribution in [0, 0.1) is 13.8 Å². The zero-order chi connectivity index (χ0) is 17.3. The highest BCUT2D eigenvalue weighted by Gasteiger charge is 2.19. The number of hydrogen-bond acceptors (Lipinski definition) is 5. The van der Waals surface area contributed by atoms with Crippen molar-refractivity contribution in [1.82, 2.24) is 14.7 Å². The molecule has 0 aromatic carbocycles. The number of thiazole rings is 1. The van der Waals surface area contributed by atoms with Crippen LogP contribution in [0.4, 0.5) is 0 Å². The Morgan fingerprint density at radius 3 is 2.75 bits per heavy atom. The first-order chi connectivity index (χ1) is 11.5. The molecule has 3 rings (SSSR count). The molecule has 0 saturated heterocycles. The Hall–Kier alpha value is -2.41. The van der Waals surface area contributed by atoms with Gasteiger partial charge in [-0.05, 0) is 26.3 Å². The average Bonchev–Trinajstić information content (AvgIpc) is 3.24. The van der Waals surface area contributed by atoms with Crippen LogP contribution in [0.3, 0.4) is 0 Å². The molecule has 0 fully saturated rings. The number of carbonyl (C=O) groups is 1. The minimum Gasteiger partial charge on any atom is -0.366 e. The van der Waals surface area contributed by atoms with E-state index in [0.29, 0.717) is 5.56 Å². The van der Waals surface area contributed by atoms with Crippen molar-refractivity contribution in [2.24, 2.45) is 5.73 Å². The molecule has 0 aliphatic carbocycles. The Labute approximate surface area is 144 Å². The topological polar surface area (TPSA) is 86.9 Å². The zero-order valence-electron chi connectivity index (χ0n) is 14.0. The molecule has 0 atom stereocenters. The number of hydrogen-bond donors (Lipinski definition) is 1. The van der Waals surface area contributed by atoms with E-state index in [1.165, 1.54) is 11.3 Å². The molecule has 24 heavy (non-hydrogen) atoms. The summed E-state index contributed by atoms with van der Waals surface area (Å²) in [6.45, 7) is 6.75. The molecule has 0 saturated carbocycles. The Morgan fingerprint density at radius 2 is 2.12 bits per heavy atom. The van der Waals surface area contributed by atoms with E-state index >= 15 is 0 Å². The lowest BCUT2D eigenvalue weighted by atomic mass is 10.2. The standard InChI is InChI=1S/C17H20N4O2S/c1-4-5-6-21-11(3)12(16(18)22)8-15(21)14-9-24-17(19-14)13-7-10(2)23-20-13/h7-9H,4-6H2,1-3H3,(H2,18,22). The molecule has 6 nitrogen and oxygen atoms in total. The Bertz CT molecular complexity index is 875. The highest BCUT2D eigenvalue weighted by atomic mass is 32.1. The van der Waals surface area contributed by atoms with Crippen LogP contribution in [-0.2, 0) is 6.54 Å². The quantitative estimate of drug-likeness (QED) is 0.737. The predicted octanol–water partition coefficient (Wildman–Crippen LogP) is 3.78. The molecule has 3 aromatic rings. The van der Waals surface area contributed by atoms with Gasteiger partial charge in [0.1, 0.15) is 16.5 Å². The summed E-state index contributed by atoms with van der Waals surface area (Å²) >= 11 is 1.50. The van der Waals surface area contributed by atoms with E-state index in [4.69, 9.17) is 10.3 Å². The van der Waals surface area contributed by atoms with E-state index in [0.717, 1.165) is 52.9 Å². The summed E-state index contributed by atoms with van der Waals surface area (Å²) in [5, 5.41) is 6.78. The maximum atomic E-state index is 11.7. The van der Waals surface area contributed by atoms with Crippen molar-refractivity contribution in [3.63, 3.8) is 0 Å². The monoisotopic (exact) mass is 344 g/mol. The number of nitrogens with two attached hydrogens (primary N) is 1. The molecule has 7 heteroatoms. The summed E-state index contributed by atoms with van der Waals surface area (Å²) in [7, 11) is 0. The van der Waals surface area contributed by atoms with Crippen LogP contribution in [0.5, 0.6) is 0 Å². The van der Waals surface area contributed by atoms with Gasteiger partial charge in [-0.3, -0.25) is 4.79 Å². The van der Waals surface area contributed by atoms with E-state index in [1.54, 1.807) is 0 Å². The number of aryl methyl sites for hydroxylation is 1. The van der Waals surface area contributed by atoms with Crippen molar-refractivity contribution in [2.75, 3.05) is 0 Å². The summed E-state index contributed by atoms with van der Waals surface area (Å²) in [5.74, 6) is 0.339. The van der Waals surface area contributed by atoms with Crippen LogP contribution < -0.4 is 5.73 Å². The molecule has 2 N–H and O–H groups in total. The molecule has 0 unspecified atom stereocenters. The summed E-state index contributed by atoms with van der Waals surface area (Å²) < 4.78 is 7.24. The third-order valence-corrected chi connectivity index (χ3v) is 4.85. The third-order valence-electron chi connectivity index (χ3n) is 3.98. The smallest absolute Gasteiger partial charge is 0.250 e. The van der Waals surface area contributed by atoms with Crippen LogP contribution in [0.15, 0.2) is 22.0 Å². The van der Waals surface area contributed by atoms with Crippen molar-refractivity contribution < 1.29 is 9.32 Å². The maximum Gasteiger partial charge on any atom is 0.250 e. The van der Waals surface area contributed by atoms with Gasteiger partial charge in [-0.1, -0.05) is 18.5 Å². The van der Waals surface area contributed by atoms with Crippen molar-refractivity contribution in [3.8, 4) is 22.1 Å². The summed E-state index contributed by atoms with van der Waals surface area (Å²) in [6.07, 6.45) is 2.10. The fraction of sp³-hybridized carbons (Fsp3) is 0.353. The molecule has 3 heterocycles. The number of amides is 1. The molecular weight excluding hydrogens is 324 g/mol. The van der Waals surface area contributed by atoms with E-state index in [1.807, 2.05) is 31.4 Å². The van der Waals surface area contributed by atoms with E-state index in [2.05, 4.69) is 21.6 Å². The molecule has 0 radical (unpaired) electrons. The lowest BCUT2D eigenvalue weighted by molar-refractivity contribution is 0.0999. The van der Waals surface area contributed by atoms with Crippen molar-refractivity contribution in [1.29, 1.82) is 0 Å². The third kappa shape index (κ3) is 2.99. The molecule has 0 spiro atoms. The van der Waals surface area contributed by atoms with Gasteiger partial charge in [0.05, 0.1) is 17.0 Å². The van der Waals surface area contributed by atoms with Gasteiger partial charge in [0, 0.05) is 23.7 Å². The number of aromatic nitrogens is 3. The summed E-state index contributed by atoms with van der Waals surface area (Å²) in [5.41, 5.74) is 9.41. The van der Waals surface area contributed by atoms with Gasteiger partial charge in [0.15, 0.2) is 0 Å². The first-order valence-corrected chi connectivity index (χ1v) is 8.78. The molecule has 126 valence electrons. The first-order valence-electron chi connectivity index (χ1n) is 7.90. The highest BCUT2D eigenvalue weighted by Crippen LogP contribution is 2.31. The molecule has 3 aromatic heterocycles. The summed E-state index contributed by atoms with van der Waals surface area (Å²) in [4.78, 5) is 16.4. The second-order valence-electron chi connectivity index (χ2n) is 5.76. The normalized spacial score (nSPS) is 11.1. The fourth-order valence-corrected chi connectivity index (χ4v) is 3.45. The van der Waals surface area contributed by atoms with E-state index in [-0.39, 0.29) is 0 Å². The van der Waals surface area contributed by atoms with Gasteiger partial charge in [0.2, 0.25) is 0 Å². The Morgan fingerprint density at radius 1 is 1.33 bits per heavy atom. The number of rotatable bonds is 6. The van der Waals surface area contributed by atoms with Gasteiger partial charge in [0.25, 0.3) is 5.91 Å². The lowest BCUT2D eigenvalue weighted by Crippen LogP contribution is -2.12. The van der Waals surface area contributed by atoms with Crippen LogP contribution >= 0.6 is 11.3 Å². The van der Waals surface area contributed by atoms with Crippen LogP contribution in [-0.4, -0.2) is 20.6 Å². The number of primary amides is 1. The minimum absolute atomic E-state index is 0.411. The molecular formula is C17H20N4O2S. The van der Waals surface area contributed by atoms with Gasteiger partial charge in [-0.25, -0.2) is 4.98 Å². The number of carbonyl (C=O) groups excluding carboxylic acids is 1. The molecule has 1 amide bonds. The van der Waals surface area contributed by atoms with Gasteiger partial charge in [-0.2, -0.15) is 0 Å². The van der Waals surface area contributed by atoms with Crippen LogP contribution in [0.1, 0.15) is 41.6 Å². The molecule has 0 bridgehead atoms. The number of nitrogens with zero attached hydrogens (tertiary/aromatic N) is 3. The largest absolute Gasteiger partial charge is 0.366 e. The van der Waals surface area contributed by atoms with Crippen molar-refractivity contribution in [2.45, 2.75) is 40.2 Å². The molecule has 0 aliphatic heterocycles. The first kappa shape index (κ1) is 16.4. The second-order valence-corrected chi connectivity index (χ2v) is 6.62. The fourth-order valence-electron chi connectivity index (χ4n) is 2.69. The number of unbranched alkanes of at least 4 members (excludes halogenated alkanes) is 1. The SMILES string of the molecule is CCCCn1c(-c2csc(-c3cc(C)on3)n2)cc(C(N)=O)c1C. The van der Waals surface area contributed by atoms with Crippen molar-refractivity contribution >= 4 is 17.2 Å². The van der Waals surface area contributed by atoms with Crippen molar-refractivity contribution in [3.05, 3.63) is 34.5 Å². The Kier molecular flexibility index (Phi) is 4.53. The van der Waals surface area contributed by atoms with Gasteiger partial charge >= 0.3 is 0 Å². The average molecular weight is 344 g/mol. The zero-order valence-corrected chi connectivity index (χ0v) is 14.8. The Balaban J connectivity index is 2.03. The second kappa shape index (κ2) is 6.60. The maximum absolute atomic E-state index is 11.7. The van der Waals surface area contributed by atoms with Crippen LogP contribution in [0.25, 0.3) is 22.1 Å². The van der Waals surface area contributed by atoms with Crippen LogP contribution in [0.2, 0.25) is 0 Å².